The number of nitrogens with one attached hydrogen (secondary N) is 1. The minimum Gasteiger partial charge on any atom is -0.493 e. The highest BCUT2D eigenvalue weighted by molar-refractivity contribution is 5.92. The summed E-state index contributed by atoms with van der Waals surface area (Å²) in [6.45, 7) is 2.09. The fourth-order valence-electron chi connectivity index (χ4n) is 4.03. The molecule has 2 aromatic carbocycles. The maximum absolute atomic E-state index is 12.3. The Morgan fingerprint density at radius 3 is 2.53 bits per heavy atom. The molecule has 1 aliphatic rings. The molecule has 0 spiro atoms. The van der Waals surface area contributed by atoms with Crippen LogP contribution in [0.15, 0.2) is 54.6 Å². The Labute approximate surface area is 175 Å². The molecule has 4 rings (SSSR count). The monoisotopic (exact) mass is 404 g/mol. The highest BCUT2D eigenvalue weighted by Crippen LogP contribution is 2.44. The van der Waals surface area contributed by atoms with Gasteiger partial charge in [0.2, 0.25) is 0 Å². The number of aromatic nitrogens is 2. The molecule has 1 atom stereocenters. The first-order chi connectivity index (χ1) is 14.6. The number of esters is 1. The molecule has 0 fully saturated rings. The Hall–Kier alpha value is -3.54. The van der Waals surface area contributed by atoms with Crippen LogP contribution in [0.2, 0.25) is 0 Å². The quantitative estimate of drug-likeness (QED) is 0.625. The third-order valence-electron chi connectivity index (χ3n) is 5.53. The van der Waals surface area contributed by atoms with Crippen molar-refractivity contribution in [2.24, 2.45) is 0 Å². The SMILES string of the molecule is CCOC(=O)c1n[nH]c2c1C=CC(c1ccccc1)(c1ccc(OC)c(OC)c1)C2. The number of hydrogen-bond donors (Lipinski definition) is 1. The van der Waals surface area contributed by atoms with E-state index < -0.39 is 11.4 Å². The lowest BCUT2D eigenvalue weighted by Crippen LogP contribution is -2.30. The van der Waals surface area contributed by atoms with Crippen molar-refractivity contribution in [3.8, 4) is 11.5 Å². The molecule has 1 heterocycles. The van der Waals surface area contributed by atoms with E-state index in [0.717, 1.165) is 22.4 Å². The van der Waals surface area contributed by atoms with E-state index >= 15 is 0 Å². The predicted molar refractivity (Wildman–Crippen MR) is 114 cm³/mol. The number of methoxy groups -OCH3 is 2. The van der Waals surface area contributed by atoms with Gasteiger partial charge in [-0.2, -0.15) is 5.10 Å². The first kappa shape index (κ1) is 19.8. The van der Waals surface area contributed by atoms with Crippen LogP contribution in [-0.2, 0) is 16.6 Å². The second kappa shape index (κ2) is 8.06. The number of hydrogen-bond acceptors (Lipinski definition) is 5. The number of aromatic amines is 1. The van der Waals surface area contributed by atoms with Gasteiger partial charge >= 0.3 is 5.97 Å². The fraction of sp³-hybridized carbons (Fsp3) is 0.250. The van der Waals surface area contributed by atoms with Gasteiger partial charge in [0.15, 0.2) is 17.2 Å². The summed E-state index contributed by atoms with van der Waals surface area (Å²) in [5.41, 5.74) is 3.72. The summed E-state index contributed by atoms with van der Waals surface area (Å²) in [4.78, 5) is 12.3. The predicted octanol–water partition coefficient (Wildman–Crippen LogP) is 4.16. The van der Waals surface area contributed by atoms with E-state index in [0.29, 0.717) is 30.2 Å². The van der Waals surface area contributed by atoms with Crippen molar-refractivity contribution < 1.29 is 19.0 Å². The Bertz CT molecular complexity index is 1090. The number of benzene rings is 2. The number of rotatable bonds is 6. The third-order valence-corrected chi connectivity index (χ3v) is 5.53. The van der Waals surface area contributed by atoms with Crippen molar-refractivity contribution in [1.29, 1.82) is 0 Å². The maximum Gasteiger partial charge on any atom is 0.359 e. The molecule has 0 aliphatic heterocycles. The van der Waals surface area contributed by atoms with E-state index in [9.17, 15) is 4.79 Å². The zero-order valence-electron chi connectivity index (χ0n) is 17.3. The Morgan fingerprint density at radius 2 is 1.83 bits per heavy atom. The third kappa shape index (κ3) is 3.24. The van der Waals surface area contributed by atoms with Crippen LogP contribution in [0.25, 0.3) is 6.08 Å². The molecule has 0 saturated heterocycles. The van der Waals surface area contributed by atoms with E-state index in [2.05, 4.69) is 28.4 Å². The average molecular weight is 404 g/mol. The van der Waals surface area contributed by atoms with Crippen LogP contribution in [0.3, 0.4) is 0 Å². The Morgan fingerprint density at radius 1 is 1.07 bits per heavy atom. The summed E-state index contributed by atoms with van der Waals surface area (Å²) >= 11 is 0. The van der Waals surface area contributed by atoms with Gasteiger partial charge in [-0.25, -0.2) is 4.79 Å². The Balaban J connectivity index is 1.85. The van der Waals surface area contributed by atoms with Gasteiger partial charge in [-0.1, -0.05) is 48.6 Å². The van der Waals surface area contributed by atoms with Crippen molar-refractivity contribution >= 4 is 12.0 Å². The van der Waals surface area contributed by atoms with Crippen LogP contribution in [0.5, 0.6) is 11.5 Å². The van der Waals surface area contributed by atoms with Crippen molar-refractivity contribution in [3.63, 3.8) is 0 Å². The summed E-state index contributed by atoms with van der Waals surface area (Å²) in [6.07, 6.45) is 4.70. The van der Waals surface area contributed by atoms with Gasteiger partial charge in [-0.15, -0.1) is 0 Å². The van der Waals surface area contributed by atoms with Crippen LogP contribution in [0, 0.1) is 0 Å². The highest BCUT2D eigenvalue weighted by Gasteiger charge is 2.37. The van der Waals surface area contributed by atoms with Gasteiger partial charge in [-0.05, 0) is 30.2 Å². The molecule has 1 unspecified atom stereocenters. The molecule has 1 aliphatic carbocycles. The van der Waals surface area contributed by atoms with E-state index in [-0.39, 0.29) is 0 Å². The topological polar surface area (TPSA) is 73.4 Å². The molecular formula is C24H24N2O4. The summed E-state index contributed by atoms with van der Waals surface area (Å²) in [5.74, 6) is 0.926. The van der Waals surface area contributed by atoms with Crippen molar-refractivity contribution in [2.75, 3.05) is 20.8 Å². The number of fused-ring (bicyclic) bond motifs is 1. The van der Waals surface area contributed by atoms with Crippen LogP contribution in [0.1, 0.15) is 39.8 Å². The van der Waals surface area contributed by atoms with Crippen LogP contribution >= 0.6 is 0 Å². The zero-order valence-corrected chi connectivity index (χ0v) is 17.3. The van der Waals surface area contributed by atoms with Gasteiger partial charge in [0.25, 0.3) is 0 Å². The summed E-state index contributed by atoms with van der Waals surface area (Å²) in [5, 5.41) is 7.29. The van der Waals surface area contributed by atoms with E-state index in [4.69, 9.17) is 14.2 Å². The number of carbonyl (C=O) groups is 1. The first-order valence-corrected chi connectivity index (χ1v) is 9.84. The van der Waals surface area contributed by atoms with Crippen LogP contribution < -0.4 is 9.47 Å². The molecule has 6 nitrogen and oxygen atoms in total. The average Bonchev–Trinajstić information content (AvgIpc) is 3.22. The number of carbonyl (C=O) groups excluding carboxylic acids is 1. The second-order valence-electron chi connectivity index (χ2n) is 7.10. The van der Waals surface area contributed by atoms with Gasteiger partial charge in [0.05, 0.1) is 20.8 Å². The molecule has 3 aromatic rings. The summed E-state index contributed by atoms with van der Waals surface area (Å²) < 4.78 is 16.1. The smallest absolute Gasteiger partial charge is 0.359 e. The molecule has 154 valence electrons. The van der Waals surface area contributed by atoms with Gasteiger partial charge < -0.3 is 14.2 Å². The molecule has 0 amide bonds. The maximum atomic E-state index is 12.3. The molecule has 30 heavy (non-hydrogen) atoms. The standard InChI is InChI=1S/C24H24N2O4/c1-4-30-23(27)22-18-12-13-24(15-19(18)25-26-22,16-8-6-5-7-9-16)17-10-11-20(28-2)21(14-17)29-3/h5-14H,4,15H2,1-3H3,(H,25,26). The van der Waals surface area contributed by atoms with Crippen molar-refractivity contribution in [1.82, 2.24) is 10.2 Å². The lowest BCUT2D eigenvalue weighted by atomic mass is 9.68. The number of ether oxygens (including phenoxy) is 3. The molecule has 1 aromatic heterocycles. The lowest BCUT2D eigenvalue weighted by molar-refractivity contribution is 0.0519. The van der Waals surface area contributed by atoms with Crippen molar-refractivity contribution in [2.45, 2.75) is 18.8 Å². The van der Waals surface area contributed by atoms with Crippen molar-refractivity contribution in [3.05, 3.63) is 82.7 Å². The van der Waals surface area contributed by atoms with Gasteiger partial charge in [0, 0.05) is 23.1 Å². The zero-order chi connectivity index (χ0) is 21.1. The minimum absolute atomic E-state index is 0.309. The number of allylic oxidation sites excluding steroid dienone is 1. The molecule has 0 radical (unpaired) electrons. The molecule has 1 N–H and O–H groups in total. The fourth-order valence-corrected chi connectivity index (χ4v) is 4.03. The lowest BCUT2D eigenvalue weighted by Gasteiger charge is -2.34. The molecule has 0 bridgehead atoms. The van der Waals surface area contributed by atoms with E-state index in [1.54, 1.807) is 21.1 Å². The number of H-pyrrole nitrogens is 1. The Kier molecular flexibility index (Phi) is 5.31. The molecule has 6 heteroatoms. The highest BCUT2D eigenvalue weighted by atomic mass is 16.5. The van der Waals surface area contributed by atoms with E-state index in [1.165, 1.54) is 0 Å². The second-order valence-corrected chi connectivity index (χ2v) is 7.10. The van der Waals surface area contributed by atoms with Gasteiger partial charge in [0.1, 0.15) is 0 Å². The van der Waals surface area contributed by atoms with Gasteiger partial charge in [-0.3, -0.25) is 5.10 Å². The van der Waals surface area contributed by atoms with Crippen LogP contribution in [0.4, 0.5) is 0 Å². The van der Waals surface area contributed by atoms with E-state index in [1.807, 2.05) is 42.5 Å². The molecular weight excluding hydrogens is 380 g/mol. The minimum atomic E-state index is -0.452. The summed E-state index contributed by atoms with van der Waals surface area (Å²) in [6, 6.07) is 16.2. The largest absolute Gasteiger partial charge is 0.493 e. The normalized spacial score (nSPS) is 17.3. The molecule has 0 saturated carbocycles. The summed E-state index contributed by atoms with van der Waals surface area (Å²) in [7, 11) is 3.25. The first-order valence-electron chi connectivity index (χ1n) is 9.84. The number of nitrogens with zero attached hydrogens (tertiary/aromatic N) is 1. The van der Waals surface area contributed by atoms with Crippen LogP contribution in [-0.4, -0.2) is 37.0 Å².